The summed E-state index contributed by atoms with van der Waals surface area (Å²) in [6.07, 6.45) is 9.07. The Balaban J connectivity index is 1.43. The summed E-state index contributed by atoms with van der Waals surface area (Å²) in [5.74, 6) is 0.910. The molecular formula is C41H70N6O4. The molecule has 5 aliphatic rings. The number of fused-ring (bicyclic) bond motifs is 3. The first kappa shape index (κ1) is 38.7. The maximum Gasteiger partial charge on any atom is 0.307 e. The van der Waals surface area contributed by atoms with Crippen molar-refractivity contribution in [2.75, 3.05) is 39.1 Å². The van der Waals surface area contributed by atoms with Crippen LogP contribution in [0.15, 0.2) is 11.6 Å². The Morgan fingerprint density at radius 3 is 2.43 bits per heavy atom. The number of carbonyl (C=O) groups is 1. The number of aromatic nitrogens is 4. The fourth-order valence-electron chi connectivity index (χ4n) is 13.1. The topological polar surface area (TPSA) is 129 Å². The van der Waals surface area contributed by atoms with Gasteiger partial charge in [0.05, 0.1) is 31.8 Å². The van der Waals surface area contributed by atoms with Gasteiger partial charge < -0.3 is 20.3 Å². The van der Waals surface area contributed by atoms with Crippen molar-refractivity contribution in [1.82, 2.24) is 25.1 Å². The van der Waals surface area contributed by atoms with E-state index in [1.54, 1.807) is 4.80 Å². The number of tetrazole rings is 1. The van der Waals surface area contributed by atoms with Gasteiger partial charge in [-0.25, -0.2) is 0 Å². The lowest BCUT2D eigenvalue weighted by Gasteiger charge is -2.71. The first-order valence-electron chi connectivity index (χ1n) is 20.2. The first-order chi connectivity index (χ1) is 23.8. The minimum absolute atomic E-state index is 0.147. The number of carboxylic acids is 1. The van der Waals surface area contributed by atoms with Gasteiger partial charge >= 0.3 is 5.97 Å². The largest absolute Gasteiger partial charge is 0.481 e. The minimum atomic E-state index is -0.624. The van der Waals surface area contributed by atoms with Crippen LogP contribution in [0.4, 0.5) is 5.95 Å². The monoisotopic (exact) mass is 711 g/mol. The summed E-state index contributed by atoms with van der Waals surface area (Å²) in [5, 5.41) is 24.4. The zero-order valence-electron chi connectivity index (χ0n) is 34.0. The van der Waals surface area contributed by atoms with Crippen molar-refractivity contribution in [3.8, 4) is 0 Å². The molecule has 0 radical (unpaired) electrons. The van der Waals surface area contributed by atoms with Crippen LogP contribution in [-0.4, -0.2) is 81.2 Å². The maximum atomic E-state index is 13.5. The molecule has 10 nitrogen and oxygen atoms in total. The van der Waals surface area contributed by atoms with E-state index in [0.29, 0.717) is 43.5 Å². The van der Waals surface area contributed by atoms with Crippen molar-refractivity contribution >= 4 is 11.9 Å². The average molecular weight is 711 g/mol. The van der Waals surface area contributed by atoms with Crippen LogP contribution >= 0.6 is 0 Å². The van der Waals surface area contributed by atoms with Crippen LogP contribution in [-0.2, 0) is 14.3 Å². The van der Waals surface area contributed by atoms with E-state index in [1.165, 1.54) is 5.57 Å². The van der Waals surface area contributed by atoms with E-state index in [2.05, 4.69) is 110 Å². The summed E-state index contributed by atoms with van der Waals surface area (Å²) in [5.41, 5.74) is 6.20. The van der Waals surface area contributed by atoms with E-state index in [1.807, 2.05) is 0 Å². The summed E-state index contributed by atoms with van der Waals surface area (Å²) >= 11 is 0. The van der Waals surface area contributed by atoms with Crippen LogP contribution in [0, 0.1) is 62.6 Å². The Kier molecular flexibility index (Phi) is 9.91. The number of hydrogen-bond acceptors (Lipinski definition) is 8. The third-order valence-corrected chi connectivity index (χ3v) is 17.1. The van der Waals surface area contributed by atoms with Gasteiger partial charge in [0.1, 0.15) is 6.04 Å². The van der Waals surface area contributed by atoms with Crippen molar-refractivity contribution in [1.29, 1.82) is 0 Å². The second-order valence-electron chi connectivity index (χ2n) is 19.8. The molecule has 51 heavy (non-hydrogen) atoms. The van der Waals surface area contributed by atoms with Gasteiger partial charge in [-0.15, -0.1) is 5.10 Å². The van der Waals surface area contributed by atoms with Gasteiger partial charge in [0, 0.05) is 16.4 Å². The molecule has 6 rings (SSSR count). The second kappa shape index (κ2) is 13.1. The Bertz CT molecular complexity index is 1500. The maximum absolute atomic E-state index is 13.5. The van der Waals surface area contributed by atoms with Crippen molar-refractivity contribution < 1.29 is 19.4 Å². The van der Waals surface area contributed by atoms with Crippen molar-refractivity contribution in [3.63, 3.8) is 0 Å². The summed E-state index contributed by atoms with van der Waals surface area (Å²) < 4.78 is 14.0. The van der Waals surface area contributed by atoms with Crippen LogP contribution in [0.1, 0.15) is 127 Å². The highest BCUT2D eigenvalue weighted by atomic mass is 16.5. The number of nitrogens with two attached hydrogens (primary N) is 1. The molecule has 10 heteroatoms. The SMILES string of the molecule is CCCN(C)[C@](C)(CO[C@H]1[C@H](n2nnc(N)n2)CC23COC[C@@]1(C)[C@@H]2CC[C@H]1C3=CC[C@@]2(C)[C@H](C(=O)O)[C@@](C)([C@H](C)C(C)C)CC[C@]12C)C(C)C. The minimum Gasteiger partial charge on any atom is -0.481 e. The number of ether oxygens (including phenoxy) is 2. The number of carboxylic acid groups (broad SMARTS) is 1. The van der Waals surface area contributed by atoms with Gasteiger partial charge in [-0.05, 0) is 117 Å². The molecule has 2 bridgehead atoms. The predicted octanol–water partition coefficient (Wildman–Crippen LogP) is 7.53. The van der Waals surface area contributed by atoms with E-state index in [0.717, 1.165) is 51.5 Å². The third kappa shape index (κ3) is 5.48. The first-order valence-corrected chi connectivity index (χ1v) is 20.2. The number of allylic oxidation sites excluding steroid dienone is 1. The zero-order valence-corrected chi connectivity index (χ0v) is 34.0. The van der Waals surface area contributed by atoms with Crippen LogP contribution < -0.4 is 5.73 Å². The van der Waals surface area contributed by atoms with Gasteiger partial charge in [0.15, 0.2) is 0 Å². The number of anilines is 1. The number of likely N-dealkylation sites (N-methyl/N-ethyl adjacent to an activating group) is 1. The van der Waals surface area contributed by atoms with E-state index < -0.39 is 11.9 Å². The highest BCUT2D eigenvalue weighted by Crippen LogP contribution is 2.75. The molecule has 1 aliphatic heterocycles. The standard InChI is InChI=1S/C41H70N6O4/c1-13-20-46(12)40(11,26(4)5)23-51-33-30(47-44-35(42)43-45-47)21-41-24-50-22-37(33,8)31(41)15-14-28-29(41)16-17-39(10)32(34(48)49)36(7,27(6)25(2)3)18-19-38(28,39)9/h16,25-28,30-33H,13-15,17-24H2,1-12H3,(H2,42,44)(H,48,49)/t27-,28+,30-,31+,32-,33+,36-,37+,38-,39+,40-,41?/m1/s1. The van der Waals surface area contributed by atoms with Crippen LogP contribution in [0.3, 0.4) is 0 Å². The molecule has 1 unspecified atom stereocenters. The lowest BCUT2D eigenvalue weighted by molar-refractivity contribution is -0.256. The van der Waals surface area contributed by atoms with Crippen LogP contribution in [0.25, 0.3) is 0 Å². The Labute approximate surface area is 308 Å². The molecule has 0 amide bonds. The molecule has 1 aromatic rings. The number of nitrogens with zero attached hydrogens (tertiary/aromatic N) is 5. The van der Waals surface area contributed by atoms with E-state index in [4.69, 9.17) is 15.2 Å². The van der Waals surface area contributed by atoms with Crippen LogP contribution in [0.5, 0.6) is 0 Å². The van der Waals surface area contributed by atoms with Gasteiger partial charge in [-0.2, -0.15) is 4.80 Å². The van der Waals surface area contributed by atoms with Gasteiger partial charge in [0.2, 0.25) is 0 Å². The smallest absolute Gasteiger partial charge is 0.307 e. The summed E-state index contributed by atoms with van der Waals surface area (Å²) in [7, 11) is 2.22. The molecule has 12 atom stereocenters. The Morgan fingerprint density at radius 2 is 1.84 bits per heavy atom. The molecular weight excluding hydrogens is 640 g/mol. The highest BCUT2D eigenvalue weighted by molar-refractivity contribution is 5.73. The lowest BCUT2D eigenvalue weighted by atomic mass is 9.34. The summed E-state index contributed by atoms with van der Waals surface area (Å²) in [4.78, 5) is 17.7. The number of aliphatic carboxylic acids is 1. The molecule has 1 aromatic heterocycles. The number of nitrogen functional groups attached to an aromatic ring is 1. The van der Waals surface area contributed by atoms with Gasteiger partial charge in [-0.3, -0.25) is 9.69 Å². The molecule has 0 aromatic carbocycles. The van der Waals surface area contributed by atoms with Crippen LogP contribution in [0.2, 0.25) is 0 Å². The molecule has 288 valence electrons. The Hall–Kier alpha value is -2.04. The fourth-order valence-corrected chi connectivity index (χ4v) is 13.1. The number of rotatable bonds is 11. The molecule has 4 fully saturated rings. The van der Waals surface area contributed by atoms with Gasteiger partial charge in [-0.1, -0.05) is 86.0 Å². The molecule has 1 saturated heterocycles. The summed E-state index contributed by atoms with van der Waals surface area (Å²) in [6, 6.07) is -0.165. The second-order valence-corrected chi connectivity index (χ2v) is 19.8. The van der Waals surface area contributed by atoms with E-state index >= 15 is 0 Å². The average Bonchev–Trinajstić information content (AvgIpc) is 3.49. The van der Waals surface area contributed by atoms with Crippen molar-refractivity contribution in [3.05, 3.63) is 11.6 Å². The molecule has 3 saturated carbocycles. The normalized spacial score (nSPS) is 42.5. The lowest BCUT2D eigenvalue weighted by Crippen LogP contribution is -2.69. The summed E-state index contributed by atoms with van der Waals surface area (Å²) in [6.45, 7) is 28.3. The number of hydrogen-bond donors (Lipinski definition) is 2. The molecule has 3 N–H and O–H groups in total. The molecule has 4 aliphatic carbocycles. The highest BCUT2D eigenvalue weighted by Gasteiger charge is 2.72. The molecule has 2 heterocycles. The van der Waals surface area contributed by atoms with Crippen molar-refractivity contribution in [2.45, 2.75) is 139 Å². The van der Waals surface area contributed by atoms with E-state index in [-0.39, 0.29) is 56.6 Å². The zero-order chi connectivity index (χ0) is 37.5. The quantitative estimate of drug-likeness (QED) is 0.224. The molecule has 0 spiro atoms. The van der Waals surface area contributed by atoms with Crippen molar-refractivity contribution in [2.24, 2.45) is 62.6 Å². The third-order valence-electron chi connectivity index (χ3n) is 17.1. The predicted molar refractivity (Wildman–Crippen MR) is 201 cm³/mol. The Morgan fingerprint density at radius 1 is 1.14 bits per heavy atom. The van der Waals surface area contributed by atoms with E-state index in [9.17, 15) is 9.90 Å². The van der Waals surface area contributed by atoms with Gasteiger partial charge in [0.25, 0.3) is 5.95 Å². The fraction of sp³-hybridized carbons (Fsp3) is 0.902.